The summed E-state index contributed by atoms with van der Waals surface area (Å²) in [6.07, 6.45) is -0.105. The Kier molecular flexibility index (Phi) is 12.1. The molecule has 2 aromatic rings. The fourth-order valence-corrected chi connectivity index (χ4v) is 5.60. The fraction of sp³-hybridized carbons (Fsp3) is 0.517. The zero-order chi connectivity index (χ0) is 28.5. The third kappa shape index (κ3) is 9.77. The molecule has 3 atom stereocenters. The Morgan fingerprint density at radius 2 is 1.87 bits per heavy atom. The molecule has 39 heavy (non-hydrogen) atoms. The van der Waals surface area contributed by atoms with Crippen LogP contribution in [0.3, 0.4) is 0 Å². The van der Waals surface area contributed by atoms with Crippen LogP contribution in [-0.4, -0.2) is 77.6 Å². The first-order valence-electron chi connectivity index (χ1n) is 13.4. The Morgan fingerprint density at radius 1 is 1.15 bits per heavy atom. The molecule has 3 unspecified atom stereocenters. The number of aliphatic hydroxyl groups excluding tert-OH is 1. The maximum atomic E-state index is 13.9. The summed E-state index contributed by atoms with van der Waals surface area (Å²) in [5.41, 5.74) is 1.38. The Balaban J connectivity index is 1.66. The second-order valence-electron chi connectivity index (χ2n) is 10.6. The summed E-state index contributed by atoms with van der Waals surface area (Å²) in [5.74, 6) is -1.55. The van der Waals surface area contributed by atoms with Gasteiger partial charge in [0.05, 0.1) is 25.2 Å². The number of nitrogens with zero attached hydrogens (tertiary/aromatic N) is 2. The van der Waals surface area contributed by atoms with Gasteiger partial charge in [-0.15, -0.1) is 0 Å². The monoisotopic (exact) mass is 656 g/mol. The maximum Gasteiger partial charge on any atom is 0.237 e. The van der Waals surface area contributed by atoms with Gasteiger partial charge in [-0.05, 0) is 76.7 Å². The number of aliphatic hydroxyl groups is 1. The van der Waals surface area contributed by atoms with Crippen molar-refractivity contribution in [1.29, 1.82) is 0 Å². The van der Waals surface area contributed by atoms with E-state index in [1.165, 1.54) is 12.1 Å². The van der Waals surface area contributed by atoms with Gasteiger partial charge < -0.3 is 20.6 Å². The van der Waals surface area contributed by atoms with Crippen LogP contribution in [0.25, 0.3) is 0 Å². The van der Waals surface area contributed by atoms with Gasteiger partial charge in [0.2, 0.25) is 11.8 Å². The van der Waals surface area contributed by atoms with Crippen LogP contribution in [-0.2, 0) is 22.6 Å². The maximum absolute atomic E-state index is 13.9. The Bertz CT molecular complexity index is 1100. The Morgan fingerprint density at radius 3 is 2.51 bits per heavy atom. The lowest BCUT2D eigenvalue weighted by Crippen LogP contribution is -2.60. The first-order valence-corrected chi connectivity index (χ1v) is 14.5. The summed E-state index contributed by atoms with van der Waals surface area (Å²) < 4.78 is 28.8. The van der Waals surface area contributed by atoms with Gasteiger partial charge in [-0.2, -0.15) is 0 Å². The predicted octanol–water partition coefficient (Wildman–Crippen LogP) is 3.33. The predicted molar refractivity (Wildman–Crippen MR) is 156 cm³/mol. The number of piperazine rings is 1. The number of hydrogen-bond donors (Lipinski definition) is 3. The van der Waals surface area contributed by atoms with Crippen LogP contribution in [0.5, 0.6) is 0 Å². The molecule has 1 heterocycles. The highest BCUT2D eigenvalue weighted by molar-refractivity contribution is 14.1. The van der Waals surface area contributed by atoms with E-state index in [1.54, 1.807) is 0 Å². The highest BCUT2D eigenvalue weighted by Gasteiger charge is 2.34. The van der Waals surface area contributed by atoms with Crippen LogP contribution >= 0.6 is 22.6 Å². The summed E-state index contributed by atoms with van der Waals surface area (Å²) in [7, 11) is 0. The van der Waals surface area contributed by atoms with Crippen molar-refractivity contribution in [3.05, 3.63) is 68.8 Å². The van der Waals surface area contributed by atoms with Crippen molar-refractivity contribution < 1.29 is 23.5 Å². The van der Waals surface area contributed by atoms with Gasteiger partial charge in [-0.1, -0.05) is 32.9 Å². The average molecular weight is 657 g/mol. The molecule has 1 saturated heterocycles. The number of carbonyl (C=O) groups excluding carboxylic acids is 2. The van der Waals surface area contributed by atoms with Gasteiger partial charge in [0.15, 0.2) is 0 Å². The molecule has 0 aromatic heterocycles. The Hall–Kier alpha value is -2.15. The molecule has 1 aliphatic heterocycles. The molecule has 214 valence electrons. The average Bonchev–Trinajstić information content (AvgIpc) is 2.84. The van der Waals surface area contributed by atoms with Gasteiger partial charge in [-0.3, -0.25) is 14.5 Å². The van der Waals surface area contributed by atoms with Crippen molar-refractivity contribution in [3.8, 4) is 0 Å². The molecule has 10 heteroatoms. The molecule has 2 aromatic carbocycles. The number of benzene rings is 2. The molecule has 0 radical (unpaired) electrons. The molecule has 0 aliphatic carbocycles. The Labute approximate surface area is 243 Å². The minimum Gasteiger partial charge on any atom is -0.390 e. The number of hydrogen-bond acceptors (Lipinski definition) is 5. The number of carbonyl (C=O) groups is 2. The van der Waals surface area contributed by atoms with Crippen LogP contribution in [0.2, 0.25) is 0 Å². The highest BCUT2D eigenvalue weighted by Crippen LogP contribution is 2.19. The molecule has 3 N–H and O–H groups in total. The van der Waals surface area contributed by atoms with Gasteiger partial charge in [0.25, 0.3) is 0 Å². The normalized spacial score (nSPS) is 17.9. The van der Waals surface area contributed by atoms with E-state index in [9.17, 15) is 23.5 Å². The van der Waals surface area contributed by atoms with Crippen molar-refractivity contribution in [1.82, 2.24) is 20.4 Å². The molecule has 1 aliphatic rings. The summed E-state index contributed by atoms with van der Waals surface area (Å²) in [5, 5.41) is 17.1. The van der Waals surface area contributed by atoms with Gasteiger partial charge in [0, 0.05) is 41.9 Å². The first kappa shape index (κ1) is 31.4. The molecule has 7 nitrogen and oxygen atoms in total. The topological polar surface area (TPSA) is 84.9 Å². The van der Waals surface area contributed by atoms with Gasteiger partial charge >= 0.3 is 0 Å². The van der Waals surface area contributed by atoms with Gasteiger partial charge in [0.1, 0.15) is 11.6 Å². The third-order valence-electron chi connectivity index (χ3n) is 6.89. The van der Waals surface area contributed by atoms with E-state index in [1.807, 2.05) is 41.0 Å². The van der Waals surface area contributed by atoms with E-state index in [0.29, 0.717) is 25.2 Å². The summed E-state index contributed by atoms with van der Waals surface area (Å²) in [6.45, 7) is 8.27. The number of rotatable bonds is 13. The van der Waals surface area contributed by atoms with E-state index in [-0.39, 0.29) is 49.8 Å². The van der Waals surface area contributed by atoms with Crippen molar-refractivity contribution in [2.75, 3.05) is 32.7 Å². The molecule has 0 bridgehead atoms. The highest BCUT2D eigenvalue weighted by atomic mass is 127. The number of halogens is 3. The zero-order valence-corrected chi connectivity index (χ0v) is 25.0. The van der Waals surface area contributed by atoms with Crippen LogP contribution in [0.15, 0.2) is 42.5 Å². The fourth-order valence-electron chi connectivity index (χ4n) is 4.99. The minimum atomic E-state index is -1.02. The third-order valence-corrected chi connectivity index (χ3v) is 7.56. The zero-order valence-electron chi connectivity index (χ0n) is 22.8. The lowest BCUT2D eigenvalue weighted by molar-refractivity contribution is -0.142. The number of amides is 2. The quantitative estimate of drug-likeness (QED) is 0.289. The van der Waals surface area contributed by atoms with Crippen molar-refractivity contribution in [2.24, 2.45) is 5.92 Å². The van der Waals surface area contributed by atoms with Crippen LogP contribution in [0, 0.1) is 21.1 Å². The van der Waals surface area contributed by atoms with E-state index >= 15 is 0 Å². The SMILES string of the molecule is CCCN1C(=O)CN(CC(=O)NC(Cc2cc(F)cc(F)c2)C(O)CNCc2cccc(I)c2)CC1C(C)C. The lowest BCUT2D eigenvalue weighted by atomic mass is 9.98. The van der Waals surface area contributed by atoms with Crippen molar-refractivity contribution in [3.63, 3.8) is 0 Å². The summed E-state index contributed by atoms with van der Waals surface area (Å²) in [4.78, 5) is 29.7. The van der Waals surface area contributed by atoms with Crippen molar-refractivity contribution in [2.45, 2.75) is 58.3 Å². The number of nitrogens with one attached hydrogen (secondary N) is 2. The minimum absolute atomic E-state index is 0.00110. The van der Waals surface area contributed by atoms with Crippen molar-refractivity contribution >= 4 is 34.4 Å². The van der Waals surface area contributed by atoms with Gasteiger partial charge in [-0.25, -0.2) is 8.78 Å². The first-order chi connectivity index (χ1) is 18.5. The largest absolute Gasteiger partial charge is 0.390 e. The second kappa shape index (κ2) is 15.0. The van der Waals surface area contributed by atoms with E-state index in [0.717, 1.165) is 21.6 Å². The van der Waals surface area contributed by atoms with E-state index in [2.05, 4.69) is 47.1 Å². The molecular formula is C29H39F2IN4O3. The molecular weight excluding hydrogens is 617 g/mol. The molecule has 3 rings (SSSR count). The van der Waals surface area contributed by atoms with Crippen LogP contribution < -0.4 is 10.6 Å². The van der Waals surface area contributed by atoms with Crippen LogP contribution in [0.1, 0.15) is 38.3 Å². The van der Waals surface area contributed by atoms with E-state index < -0.39 is 23.8 Å². The smallest absolute Gasteiger partial charge is 0.237 e. The standard InChI is InChI=1S/C29H39F2IN4O3/c1-4-8-36-26(19(2)3)16-35(18-29(36)39)17-28(38)34-25(12-21-9-22(30)13-23(31)10-21)27(37)15-33-14-20-6-5-7-24(32)11-20/h5-7,9-11,13,19,25-27,33,37H,4,8,12,14-18H2,1-3H3,(H,34,38). The molecule has 0 saturated carbocycles. The lowest BCUT2D eigenvalue weighted by Gasteiger charge is -2.43. The summed E-state index contributed by atoms with van der Waals surface area (Å²) >= 11 is 2.23. The second-order valence-corrected chi connectivity index (χ2v) is 11.8. The van der Waals surface area contributed by atoms with E-state index in [4.69, 9.17) is 0 Å². The molecule has 1 fully saturated rings. The molecule has 0 spiro atoms. The summed E-state index contributed by atoms with van der Waals surface area (Å²) in [6, 6.07) is 10.4. The molecule has 2 amide bonds. The van der Waals surface area contributed by atoms with Crippen LogP contribution in [0.4, 0.5) is 8.78 Å².